The van der Waals surface area contributed by atoms with E-state index in [1.165, 1.54) is 0 Å². The van der Waals surface area contributed by atoms with E-state index in [0.29, 0.717) is 19.4 Å². The Labute approximate surface area is 117 Å². The molecule has 1 atom stereocenters. The van der Waals surface area contributed by atoms with Gasteiger partial charge in [-0.2, -0.15) is 0 Å². The van der Waals surface area contributed by atoms with E-state index in [2.05, 4.69) is 15.3 Å². The number of fused-ring (bicyclic) bond motifs is 1. The fraction of sp³-hybridized carbons (Fsp3) is 0.267. The smallest absolute Gasteiger partial charge is 0.261 e. The largest absolute Gasteiger partial charge is 0.480 e. The molecule has 0 fully saturated rings. The molecule has 1 aromatic carbocycles. The molecule has 1 amide bonds. The highest BCUT2D eigenvalue weighted by Gasteiger charge is 2.28. The van der Waals surface area contributed by atoms with E-state index in [1.807, 2.05) is 24.3 Å². The van der Waals surface area contributed by atoms with Crippen LogP contribution in [0, 0.1) is 0 Å². The van der Waals surface area contributed by atoms with Crippen molar-refractivity contribution in [2.45, 2.75) is 18.9 Å². The van der Waals surface area contributed by atoms with E-state index in [4.69, 9.17) is 4.74 Å². The molecule has 5 nitrogen and oxygen atoms in total. The summed E-state index contributed by atoms with van der Waals surface area (Å²) in [4.78, 5) is 20.2. The van der Waals surface area contributed by atoms with Gasteiger partial charge in [-0.3, -0.25) is 14.8 Å². The van der Waals surface area contributed by atoms with Gasteiger partial charge in [0.05, 0.1) is 5.69 Å². The Morgan fingerprint density at radius 1 is 1.35 bits per heavy atom. The predicted molar refractivity (Wildman–Crippen MR) is 73.3 cm³/mol. The molecule has 0 radical (unpaired) electrons. The fourth-order valence-electron chi connectivity index (χ4n) is 2.21. The van der Waals surface area contributed by atoms with E-state index in [9.17, 15) is 4.79 Å². The molecule has 1 N–H and O–H groups in total. The normalized spacial score (nSPS) is 16.3. The van der Waals surface area contributed by atoms with Crippen LogP contribution in [0.15, 0.2) is 42.9 Å². The van der Waals surface area contributed by atoms with Crippen molar-refractivity contribution >= 4 is 5.91 Å². The van der Waals surface area contributed by atoms with Crippen LogP contribution in [0.2, 0.25) is 0 Å². The van der Waals surface area contributed by atoms with Crippen molar-refractivity contribution in [3.05, 3.63) is 54.1 Å². The average molecular weight is 269 g/mol. The van der Waals surface area contributed by atoms with Crippen LogP contribution < -0.4 is 10.1 Å². The zero-order valence-corrected chi connectivity index (χ0v) is 11.0. The minimum absolute atomic E-state index is 0.0786. The van der Waals surface area contributed by atoms with Gasteiger partial charge in [-0.15, -0.1) is 0 Å². The Morgan fingerprint density at radius 3 is 3.05 bits per heavy atom. The number of benzene rings is 1. The van der Waals surface area contributed by atoms with Crippen LogP contribution in [-0.4, -0.2) is 28.5 Å². The summed E-state index contributed by atoms with van der Waals surface area (Å²) in [6, 6.07) is 7.74. The van der Waals surface area contributed by atoms with Gasteiger partial charge < -0.3 is 10.1 Å². The number of carbonyl (C=O) groups excluding carboxylic acids is 1. The van der Waals surface area contributed by atoms with E-state index >= 15 is 0 Å². The van der Waals surface area contributed by atoms with Crippen LogP contribution in [0.3, 0.4) is 0 Å². The average Bonchev–Trinajstić information content (AvgIpc) is 2.92. The number of ether oxygens (including phenoxy) is 1. The molecular formula is C15H15N3O2. The van der Waals surface area contributed by atoms with Gasteiger partial charge in [0.15, 0.2) is 6.10 Å². The van der Waals surface area contributed by atoms with E-state index in [0.717, 1.165) is 17.0 Å². The van der Waals surface area contributed by atoms with Gasteiger partial charge in [0.1, 0.15) is 5.75 Å². The van der Waals surface area contributed by atoms with Crippen molar-refractivity contribution in [3.63, 3.8) is 0 Å². The molecule has 0 saturated carbocycles. The van der Waals surface area contributed by atoms with Crippen LogP contribution in [0.4, 0.5) is 0 Å². The maximum Gasteiger partial charge on any atom is 0.261 e. The first-order valence-corrected chi connectivity index (χ1v) is 6.60. The summed E-state index contributed by atoms with van der Waals surface area (Å²) in [5.74, 6) is 0.728. The van der Waals surface area contributed by atoms with Gasteiger partial charge in [-0.25, -0.2) is 0 Å². The first-order chi connectivity index (χ1) is 9.83. The van der Waals surface area contributed by atoms with Gasteiger partial charge in [-0.1, -0.05) is 18.2 Å². The number of nitrogens with one attached hydrogen (secondary N) is 1. The number of amides is 1. The second-order valence-electron chi connectivity index (χ2n) is 4.66. The molecular weight excluding hydrogens is 254 g/mol. The predicted octanol–water partition coefficient (Wildman–Crippen LogP) is 1.14. The molecule has 3 rings (SSSR count). The Bertz CT molecular complexity index is 576. The summed E-state index contributed by atoms with van der Waals surface area (Å²) in [6.45, 7) is 0.535. The number of aromatic nitrogens is 2. The maximum absolute atomic E-state index is 12.0. The molecule has 5 heteroatoms. The van der Waals surface area contributed by atoms with Crippen molar-refractivity contribution < 1.29 is 9.53 Å². The molecule has 20 heavy (non-hydrogen) atoms. The zero-order valence-electron chi connectivity index (χ0n) is 11.0. The lowest BCUT2D eigenvalue weighted by atomic mass is 10.1. The monoisotopic (exact) mass is 269 g/mol. The van der Waals surface area contributed by atoms with Crippen LogP contribution in [-0.2, 0) is 17.6 Å². The fourth-order valence-corrected chi connectivity index (χ4v) is 2.21. The summed E-state index contributed by atoms with van der Waals surface area (Å²) < 4.78 is 5.63. The third-order valence-corrected chi connectivity index (χ3v) is 3.24. The summed E-state index contributed by atoms with van der Waals surface area (Å²) in [5, 5.41) is 2.88. The second-order valence-corrected chi connectivity index (χ2v) is 4.66. The molecule has 2 aromatic rings. The Balaban J connectivity index is 1.49. The highest BCUT2D eigenvalue weighted by atomic mass is 16.5. The highest BCUT2D eigenvalue weighted by Crippen LogP contribution is 2.27. The standard InChI is InChI=1S/C15H15N3O2/c19-15(18-6-5-12-10-16-7-8-17-12)14-9-11-3-1-2-4-13(11)20-14/h1-4,7-8,10,14H,5-6,9H2,(H,18,19)/t14-/m1/s1. The number of hydrogen-bond acceptors (Lipinski definition) is 4. The molecule has 1 aliphatic rings. The third kappa shape index (κ3) is 2.77. The van der Waals surface area contributed by atoms with Crippen molar-refractivity contribution in [2.75, 3.05) is 6.54 Å². The molecule has 0 saturated heterocycles. The second kappa shape index (κ2) is 5.69. The van der Waals surface area contributed by atoms with Crippen LogP contribution >= 0.6 is 0 Å². The number of hydrogen-bond donors (Lipinski definition) is 1. The minimum atomic E-state index is -0.422. The molecule has 1 aliphatic heterocycles. The summed E-state index contributed by atoms with van der Waals surface area (Å²) >= 11 is 0. The van der Waals surface area contributed by atoms with Crippen molar-refractivity contribution in [1.82, 2.24) is 15.3 Å². The van der Waals surface area contributed by atoms with Gasteiger partial charge in [0.25, 0.3) is 5.91 Å². The van der Waals surface area contributed by atoms with Gasteiger partial charge in [-0.05, 0) is 11.6 Å². The lowest BCUT2D eigenvalue weighted by Gasteiger charge is -2.11. The topological polar surface area (TPSA) is 64.1 Å². The summed E-state index contributed by atoms with van der Waals surface area (Å²) in [5.41, 5.74) is 1.95. The van der Waals surface area contributed by atoms with E-state index < -0.39 is 6.10 Å². The first-order valence-electron chi connectivity index (χ1n) is 6.60. The van der Waals surface area contributed by atoms with Gasteiger partial charge >= 0.3 is 0 Å². The maximum atomic E-state index is 12.0. The zero-order chi connectivity index (χ0) is 13.8. The van der Waals surface area contributed by atoms with Crippen molar-refractivity contribution in [1.29, 1.82) is 0 Å². The van der Waals surface area contributed by atoms with Gasteiger partial charge in [0, 0.05) is 38.0 Å². The third-order valence-electron chi connectivity index (χ3n) is 3.24. The molecule has 0 spiro atoms. The summed E-state index contributed by atoms with van der Waals surface area (Å²) in [6.07, 6.45) is 5.86. The molecule has 2 heterocycles. The van der Waals surface area contributed by atoms with Crippen LogP contribution in [0.5, 0.6) is 5.75 Å². The van der Waals surface area contributed by atoms with Crippen LogP contribution in [0.25, 0.3) is 0 Å². The lowest BCUT2D eigenvalue weighted by Crippen LogP contribution is -2.38. The Morgan fingerprint density at radius 2 is 2.25 bits per heavy atom. The van der Waals surface area contributed by atoms with Crippen molar-refractivity contribution in [2.24, 2.45) is 0 Å². The molecule has 0 aliphatic carbocycles. The number of carbonyl (C=O) groups is 1. The SMILES string of the molecule is O=C(NCCc1cnccn1)[C@H]1Cc2ccccc2O1. The first kappa shape index (κ1) is 12.6. The van der Waals surface area contributed by atoms with Crippen molar-refractivity contribution in [3.8, 4) is 5.75 Å². The Hall–Kier alpha value is -2.43. The van der Waals surface area contributed by atoms with E-state index in [-0.39, 0.29) is 5.91 Å². The van der Waals surface area contributed by atoms with Gasteiger partial charge in [0.2, 0.25) is 0 Å². The molecule has 102 valence electrons. The molecule has 0 unspecified atom stereocenters. The highest BCUT2D eigenvalue weighted by molar-refractivity contribution is 5.82. The molecule has 0 bridgehead atoms. The molecule has 1 aromatic heterocycles. The van der Waals surface area contributed by atoms with E-state index in [1.54, 1.807) is 18.6 Å². The summed E-state index contributed by atoms with van der Waals surface area (Å²) in [7, 11) is 0. The minimum Gasteiger partial charge on any atom is -0.480 e. The number of para-hydroxylation sites is 1. The quantitative estimate of drug-likeness (QED) is 0.904. The van der Waals surface area contributed by atoms with Crippen LogP contribution in [0.1, 0.15) is 11.3 Å². The number of rotatable bonds is 4. The lowest BCUT2D eigenvalue weighted by molar-refractivity contribution is -0.127. The number of nitrogens with zero attached hydrogens (tertiary/aromatic N) is 2. The Kier molecular flexibility index (Phi) is 3.58.